The zero-order valence-electron chi connectivity index (χ0n) is 34.9. The van der Waals surface area contributed by atoms with E-state index in [9.17, 15) is 0 Å². The summed E-state index contributed by atoms with van der Waals surface area (Å²) < 4.78 is 11.6. The first-order chi connectivity index (χ1) is 32.2. The molecule has 65 heavy (non-hydrogen) atoms. The number of hydrogen-bond donors (Lipinski definition) is 1. The Balaban J connectivity index is 1.08. The number of aromatic nitrogens is 1. The smallest absolute Gasteiger partial charge is 0.160 e. The van der Waals surface area contributed by atoms with Gasteiger partial charge < -0.3 is 14.3 Å². The van der Waals surface area contributed by atoms with E-state index in [1.165, 1.54) is 58.1 Å². The molecular formula is C59H36N4OS. The van der Waals surface area contributed by atoms with Crippen molar-refractivity contribution in [3.63, 3.8) is 0 Å². The van der Waals surface area contributed by atoms with Crippen LogP contribution >= 0.6 is 11.3 Å². The van der Waals surface area contributed by atoms with Crippen molar-refractivity contribution in [2.75, 3.05) is 0 Å². The number of benzene rings is 10. The summed E-state index contributed by atoms with van der Waals surface area (Å²) in [6.07, 6.45) is -0.449. The third-order valence-corrected chi connectivity index (χ3v) is 14.4. The average Bonchev–Trinajstić information content (AvgIpc) is 4.04. The molecule has 10 aromatic carbocycles. The minimum atomic E-state index is -0.449. The second kappa shape index (κ2) is 14.1. The molecule has 0 amide bonds. The van der Waals surface area contributed by atoms with Gasteiger partial charge >= 0.3 is 0 Å². The van der Waals surface area contributed by atoms with E-state index in [0.29, 0.717) is 5.84 Å². The Morgan fingerprint density at radius 1 is 0.477 bits per heavy atom. The van der Waals surface area contributed by atoms with E-state index in [2.05, 4.69) is 210 Å². The fraction of sp³-hybridized carbons (Fsp3) is 0.0169. The van der Waals surface area contributed by atoms with Crippen LogP contribution in [0.5, 0.6) is 0 Å². The monoisotopic (exact) mass is 848 g/mol. The lowest BCUT2D eigenvalue weighted by Gasteiger charge is -2.26. The van der Waals surface area contributed by atoms with Crippen LogP contribution in [-0.2, 0) is 0 Å². The average molecular weight is 849 g/mol. The summed E-state index contributed by atoms with van der Waals surface area (Å²) in [6.45, 7) is 0. The first kappa shape index (κ1) is 36.2. The Kier molecular flexibility index (Phi) is 7.85. The Bertz CT molecular complexity index is 4060. The molecular weight excluding hydrogens is 813 g/mol. The molecule has 1 aliphatic heterocycles. The Morgan fingerprint density at radius 3 is 1.83 bits per heavy atom. The van der Waals surface area contributed by atoms with Crippen LogP contribution in [0.25, 0.3) is 102 Å². The highest BCUT2D eigenvalue weighted by molar-refractivity contribution is 7.25. The van der Waals surface area contributed by atoms with Gasteiger partial charge in [-0.15, -0.1) is 11.3 Å². The molecule has 1 N–H and O–H groups in total. The van der Waals surface area contributed by atoms with E-state index in [-0.39, 0.29) is 0 Å². The predicted octanol–water partition coefficient (Wildman–Crippen LogP) is 15.5. The van der Waals surface area contributed by atoms with E-state index in [4.69, 9.17) is 14.4 Å². The number of nitrogens with one attached hydrogen (secondary N) is 1. The molecule has 1 aliphatic rings. The van der Waals surface area contributed by atoms with Crippen molar-refractivity contribution >= 4 is 108 Å². The summed E-state index contributed by atoms with van der Waals surface area (Å²) in [4.78, 5) is 11.2. The van der Waals surface area contributed by atoms with Crippen LogP contribution in [0.4, 0.5) is 0 Å². The zero-order chi connectivity index (χ0) is 42.6. The Morgan fingerprint density at radius 2 is 1.09 bits per heavy atom. The molecule has 1 atom stereocenters. The third-order valence-electron chi connectivity index (χ3n) is 13.2. The van der Waals surface area contributed by atoms with Crippen LogP contribution in [0.1, 0.15) is 22.9 Å². The van der Waals surface area contributed by atoms with Crippen LogP contribution in [-0.4, -0.2) is 16.2 Å². The van der Waals surface area contributed by atoms with Gasteiger partial charge in [0.15, 0.2) is 5.84 Å². The van der Waals surface area contributed by atoms with E-state index < -0.39 is 6.17 Å². The van der Waals surface area contributed by atoms with Crippen LogP contribution in [0.15, 0.2) is 221 Å². The van der Waals surface area contributed by atoms with Crippen molar-refractivity contribution < 1.29 is 4.42 Å². The second-order valence-corrected chi connectivity index (χ2v) is 18.0. The van der Waals surface area contributed by atoms with Gasteiger partial charge in [-0.1, -0.05) is 152 Å². The maximum atomic E-state index is 6.70. The quantitative estimate of drug-likeness (QED) is 0.188. The molecule has 5 nitrogen and oxygen atoms in total. The van der Waals surface area contributed by atoms with Crippen LogP contribution in [0.3, 0.4) is 0 Å². The molecule has 4 heterocycles. The number of furan rings is 1. The van der Waals surface area contributed by atoms with Crippen LogP contribution < -0.4 is 5.32 Å². The van der Waals surface area contributed by atoms with Gasteiger partial charge in [0, 0.05) is 47.3 Å². The summed E-state index contributed by atoms with van der Waals surface area (Å²) in [6, 6.07) is 73.9. The van der Waals surface area contributed by atoms with Crippen molar-refractivity contribution in [2.45, 2.75) is 6.17 Å². The normalized spacial score (nSPS) is 14.3. The van der Waals surface area contributed by atoms with E-state index >= 15 is 0 Å². The fourth-order valence-corrected chi connectivity index (χ4v) is 11.3. The van der Waals surface area contributed by atoms with Gasteiger partial charge in [-0.2, -0.15) is 0 Å². The second-order valence-electron chi connectivity index (χ2n) is 16.9. The maximum absolute atomic E-state index is 6.70. The molecule has 0 radical (unpaired) electrons. The number of amidine groups is 2. The van der Waals surface area contributed by atoms with Gasteiger partial charge in [-0.3, -0.25) is 0 Å². The van der Waals surface area contributed by atoms with Crippen LogP contribution in [0.2, 0.25) is 0 Å². The number of nitrogens with zero attached hydrogens (tertiary/aromatic N) is 3. The molecule has 3 aromatic heterocycles. The number of hydrogen-bond acceptors (Lipinski definition) is 5. The lowest BCUT2D eigenvalue weighted by molar-refractivity contribution is 0.667. The predicted molar refractivity (Wildman–Crippen MR) is 273 cm³/mol. The molecule has 0 spiro atoms. The summed E-state index contributed by atoms with van der Waals surface area (Å²) in [5, 5.41) is 15.5. The minimum Gasteiger partial charge on any atom is -0.456 e. The molecule has 0 bridgehead atoms. The number of thiophene rings is 1. The topological polar surface area (TPSA) is 54.8 Å². The molecule has 14 rings (SSSR count). The Hall–Kier alpha value is -8.32. The van der Waals surface area contributed by atoms with Crippen molar-refractivity contribution in [3.05, 3.63) is 223 Å². The van der Waals surface area contributed by atoms with Crippen molar-refractivity contribution in [1.82, 2.24) is 9.88 Å². The van der Waals surface area contributed by atoms with Crippen molar-refractivity contribution in [2.24, 2.45) is 9.98 Å². The zero-order valence-corrected chi connectivity index (χ0v) is 35.7. The van der Waals surface area contributed by atoms with E-state index in [1.807, 2.05) is 17.4 Å². The van der Waals surface area contributed by atoms with Gasteiger partial charge in [0.25, 0.3) is 0 Å². The highest BCUT2D eigenvalue weighted by Gasteiger charge is 2.29. The van der Waals surface area contributed by atoms with Gasteiger partial charge in [-0.05, 0) is 92.8 Å². The Labute approximate surface area is 376 Å². The summed E-state index contributed by atoms with van der Waals surface area (Å²) >= 11 is 1.81. The molecule has 13 aromatic rings. The lowest BCUT2D eigenvalue weighted by Crippen LogP contribution is -2.34. The van der Waals surface area contributed by atoms with E-state index in [1.54, 1.807) is 0 Å². The summed E-state index contributed by atoms with van der Waals surface area (Å²) in [7, 11) is 0. The molecule has 0 saturated heterocycles. The lowest BCUT2D eigenvalue weighted by atomic mass is 9.99. The largest absolute Gasteiger partial charge is 0.456 e. The minimum absolute atomic E-state index is 0.449. The summed E-state index contributed by atoms with van der Waals surface area (Å²) in [5.41, 5.74) is 10.2. The fourth-order valence-electron chi connectivity index (χ4n) is 10.2. The number of para-hydroxylation sites is 1. The summed E-state index contributed by atoms with van der Waals surface area (Å²) in [5.74, 6) is 1.41. The number of aliphatic imine (C=N–C) groups is 2. The van der Waals surface area contributed by atoms with Crippen molar-refractivity contribution in [1.29, 1.82) is 0 Å². The van der Waals surface area contributed by atoms with Crippen molar-refractivity contribution in [3.8, 4) is 16.8 Å². The highest BCUT2D eigenvalue weighted by Crippen LogP contribution is 2.43. The molecule has 1 unspecified atom stereocenters. The molecule has 304 valence electrons. The molecule has 0 aliphatic carbocycles. The highest BCUT2D eigenvalue weighted by atomic mass is 32.1. The first-order valence-electron chi connectivity index (χ1n) is 22.0. The standard InChI is InChI=1S/C59H36N4OS/c1-2-13-35(14-3-1)36-25-27-37(28-26-36)57-60-58(44-21-12-24-53-54(44)43-20-9-11-23-52(43)65-53)62-59(61-57)56-47(29-30-51-55(56)42-19-8-10-22-50(42)64-51)63-48-33-40-17-6-4-15-38(40)31-45(48)46-32-39-16-5-7-18-41(39)34-49(46)63/h1-34,57H,(H,60,61,62). The van der Waals surface area contributed by atoms with Crippen LogP contribution in [0, 0.1) is 0 Å². The van der Waals surface area contributed by atoms with Gasteiger partial charge in [0.1, 0.15) is 23.2 Å². The maximum Gasteiger partial charge on any atom is 0.160 e. The van der Waals surface area contributed by atoms with Gasteiger partial charge in [0.05, 0.1) is 22.3 Å². The van der Waals surface area contributed by atoms with Gasteiger partial charge in [-0.25, -0.2) is 9.98 Å². The molecule has 0 saturated carbocycles. The van der Waals surface area contributed by atoms with Gasteiger partial charge in [0.2, 0.25) is 0 Å². The number of rotatable bonds is 5. The third kappa shape index (κ3) is 5.64. The SMILES string of the molecule is c1ccc(-c2ccc(C3N=C(c4cccc5sc6ccccc6c45)N=C(c4c(-n5c6cc7ccccc7cc6c6cc7ccccc7cc65)ccc5oc6ccccc6c45)N3)cc2)cc1. The molecule has 0 fully saturated rings. The van der Waals surface area contributed by atoms with E-state index in [0.717, 1.165) is 66.7 Å². The number of fused-ring (bicyclic) bond motifs is 11. The molecule has 6 heteroatoms. The first-order valence-corrected chi connectivity index (χ1v) is 22.8.